The first kappa shape index (κ1) is 14.7. The number of nitrogens with one attached hydrogen (secondary N) is 2. The van der Waals surface area contributed by atoms with Gasteiger partial charge in [-0.2, -0.15) is 0 Å². The number of hydrazine groups is 1. The van der Waals surface area contributed by atoms with Gasteiger partial charge in [0.05, 0.1) is 0 Å². The van der Waals surface area contributed by atoms with Crippen molar-refractivity contribution >= 4 is 23.3 Å². The van der Waals surface area contributed by atoms with Crippen molar-refractivity contribution in [3.8, 4) is 0 Å². The van der Waals surface area contributed by atoms with E-state index in [2.05, 4.69) is 22.7 Å². The highest BCUT2D eigenvalue weighted by Gasteiger charge is 2.13. The van der Waals surface area contributed by atoms with E-state index in [1.54, 1.807) is 6.07 Å². The van der Waals surface area contributed by atoms with Gasteiger partial charge in [0.2, 0.25) is 0 Å². The van der Waals surface area contributed by atoms with Gasteiger partial charge in [-0.25, -0.2) is 10.8 Å². The van der Waals surface area contributed by atoms with E-state index in [0.717, 1.165) is 19.3 Å². The molecule has 0 aliphatic carbocycles. The first-order valence-electron chi connectivity index (χ1n) is 6.05. The zero-order valence-corrected chi connectivity index (χ0v) is 11.4. The summed E-state index contributed by atoms with van der Waals surface area (Å²) in [6.07, 6.45) is 2.90. The summed E-state index contributed by atoms with van der Waals surface area (Å²) in [7, 11) is 0. The minimum absolute atomic E-state index is 0.156. The van der Waals surface area contributed by atoms with Crippen LogP contribution in [0.1, 0.15) is 43.5 Å². The van der Waals surface area contributed by atoms with Crippen molar-refractivity contribution in [2.24, 2.45) is 5.84 Å². The summed E-state index contributed by atoms with van der Waals surface area (Å²) < 4.78 is 0. The Morgan fingerprint density at radius 1 is 1.50 bits per heavy atom. The third-order valence-corrected chi connectivity index (χ3v) is 2.86. The van der Waals surface area contributed by atoms with Crippen LogP contribution in [0, 0.1) is 0 Å². The number of amides is 1. The number of hydrogen-bond donors (Lipinski definition) is 3. The lowest BCUT2D eigenvalue weighted by Crippen LogP contribution is -2.34. The van der Waals surface area contributed by atoms with Crippen molar-refractivity contribution in [1.82, 2.24) is 10.3 Å². The summed E-state index contributed by atoms with van der Waals surface area (Å²) >= 11 is 5.82. The Bertz CT molecular complexity index is 411. The molecule has 1 atom stereocenters. The number of aromatic nitrogens is 1. The molecule has 1 rings (SSSR count). The minimum Gasteiger partial charge on any atom is -0.349 e. The molecule has 0 saturated carbocycles. The Kier molecular flexibility index (Phi) is 5.88. The maximum Gasteiger partial charge on any atom is 0.251 e. The molecule has 0 aromatic carbocycles. The fourth-order valence-electron chi connectivity index (χ4n) is 1.70. The van der Waals surface area contributed by atoms with Gasteiger partial charge >= 0.3 is 0 Å². The molecule has 0 bridgehead atoms. The smallest absolute Gasteiger partial charge is 0.251 e. The average molecular weight is 271 g/mol. The third-order valence-electron chi connectivity index (χ3n) is 2.67. The van der Waals surface area contributed by atoms with E-state index in [-0.39, 0.29) is 17.1 Å². The molecule has 1 aromatic rings. The van der Waals surface area contributed by atoms with Gasteiger partial charge in [0.1, 0.15) is 11.0 Å². The van der Waals surface area contributed by atoms with E-state index in [1.807, 2.05) is 6.92 Å². The van der Waals surface area contributed by atoms with Crippen LogP contribution >= 0.6 is 11.6 Å². The van der Waals surface area contributed by atoms with Crippen LogP contribution in [-0.4, -0.2) is 16.9 Å². The monoisotopic (exact) mass is 270 g/mol. The maximum absolute atomic E-state index is 12.0. The molecule has 18 heavy (non-hydrogen) atoms. The molecule has 0 aliphatic rings. The quantitative estimate of drug-likeness (QED) is 0.421. The second kappa shape index (κ2) is 7.18. The lowest BCUT2D eigenvalue weighted by atomic mass is 10.1. The SMILES string of the molecule is CCCC(CC)NC(=O)c1cc(Cl)nc(NN)c1. The lowest BCUT2D eigenvalue weighted by molar-refractivity contribution is 0.0933. The molecule has 0 radical (unpaired) electrons. The van der Waals surface area contributed by atoms with E-state index in [4.69, 9.17) is 17.4 Å². The molecule has 4 N–H and O–H groups in total. The highest BCUT2D eigenvalue weighted by atomic mass is 35.5. The third kappa shape index (κ3) is 4.16. The Balaban J connectivity index is 2.79. The van der Waals surface area contributed by atoms with Gasteiger partial charge in [0.15, 0.2) is 0 Å². The zero-order valence-electron chi connectivity index (χ0n) is 10.7. The van der Waals surface area contributed by atoms with Gasteiger partial charge in [0.25, 0.3) is 5.91 Å². The number of nitrogen functional groups attached to an aromatic ring is 1. The molecule has 0 spiro atoms. The van der Waals surface area contributed by atoms with Crippen LogP contribution in [0.25, 0.3) is 0 Å². The van der Waals surface area contributed by atoms with Crippen LogP contribution in [0.15, 0.2) is 12.1 Å². The molecule has 1 unspecified atom stereocenters. The molecule has 0 saturated heterocycles. The van der Waals surface area contributed by atoms with E-state index in [1.165, 1.54) is 6.07 Å². The van der Waals surface area contributed by atoms with Crippen molar-refractivity contribution in [2.45, 2.75) is 39.2 Å². The second-order valence-electron chi connectivity index (χ2n) is 4.08. The highest BCUT2D eigenvalue weighted by molar-refractivity contribution is 6.29. The van der Waals surface area contributed by atoms with Crippen LogP contribution in [0.2, 0.25) is 5.15 Å². The van der Waals surface area contributed by atoms with E-state index >= 15 is 0 Å². The molecule has 0 aliphatic heterocycles. The summed E-state index contributed by atoms with van der Waals surface area (Å²) in [6, 6.07) is 3.28. The van der Waals surface area contributed by atoms with E-state index < -0.39 is 0 Å². The first-order chi connectivity index (χ1) is 8.60. The van der Waals surface area contributed by atoms with Crippen LogP contribution in [0.5, 0.6) is 0 Å². The highest BCUT2D eigenvalue weighted by Crippen LogP contribution is 2.14. The van der Waals surface area contributed by atoms with E-state index in [0.29, 0.717) is 11.4 Å². The number of rotatable bonds is 6. The number of carbonyl (C=O) groups excluding carboxylic acids is 1. The standard InChI is InChI=1S/C12H19ClN4O/c1-3-5-9(4-2)15-12(18)8-6-10(13)16-11(7-8)17-14/h6-7,9H,3-5,14H2,1-2H3,(H,15,18)(H,16,17). The van der Waals surface area contributed by atoms with Gasteiger partial charge in [-0.05, 0) is 25.0 Å². The van der Waals surface area contributed by atoms with Gasteiger partial charge in [-0.15, -0.1) is 0 Å². The van der Waals surface area contributed by atoms with Crippen molar-refractivity contribution in [2.75, 3.05) is 5.43 Å². The van der Waals surface area contributed by atoms with E-state index in [9.17, 15) is 4.79 Å². The summed E-state index contributed by atoms with van der Waals surface area (Å²) in [4.78, 5) is 16.0. The maximum atomic E-state index is 12.0. The van der Waals surface area contributed by atoms with Crippen molar-refractivity contribution in [1.29, 1.82) is 0 Å². The van der Waals surface area contributed by atoms with Crippen LogP contribution in [0.4, 0.5) is 5.82 Å². The minimum atomic E-state index is -0.156. The normalized spacial score (nSPS) is 12.0. The molecule has 1 amide bonds. The summed E-state index contributed by atoms with van der Waals surface area (Å²) in [5.41, 5.74) is 2.84. The fourth-order valence-corrected chi connectivity index (χ4v) is 1.91. The van der Waals surface area contributed by atoms with Crippen molar-refractivity contribution < 1.29 is 4.79 Å². The van der Waals surface area contributed by atoms with Gasteiger partial charge in [0, 0.05) is 11.6 Å². The molecule has 1 heterocycles. The van der Waals surface area contributed by atoms with Gasteiger partial charge in [-0.3, -0.25) is 4.79 Å². The molecule has 5 nitrogen and oxygen atoms in total. The molecule has 0 fully saturated rings. The fraction of sp³-hybridized carbons (Fsp3) is 0.500. The van der Waals surface area contributed by atoms with Crippen molar-refractivity contribution in [3.05, 3.63) is 22.8 Å². The number of halogens is 1. The number of carbonyl (C=O) groups is 1. The average Bonchev–Trinajstić information content (AvgIpc) is 2.37. The summed E-state index contributed by atoms with van der Waals surface area (Å²) in [6.45, 7) is 4.14. The number of anilines is 1. The number of nitrogens with zero attached hydrogens (tertiary/aromatic N) is 1. The Morgan fingerprint density at radius 2 is 2.22 bits per heavy atom. The Labute approximate surface area is 112 Å². The summed E-state index contributed by atoms with van der Waals surface area (Å²) in [5.74, 6) is 5.48. The predicted molar refractivity (Wildman–Crippen MR) is 73.5 cm³/mol. The molecule has 100 valence electrons. The molecule has 6 heteroatoms. The van der Waals surface area contributed by atoms with Crippen LogP contribution in [0.3, 0.4) is 0 Å². The number of nitrogens with two attached hydrogens (primary N) is 1. The molecular weight excluding hydrogens is 252 g/mol. The van der Waals surface area contributed by atoms with Crippen LogP contribution in [-0.2, 0) is 0 Å². The van der Waals surface area contributed by atoms with Gasteiger partial charge in [-0.1, -0.05) is 31.9 Å². The van der Waals surface area contributed by atoms with Crippen molar-refractivity contribution in [3.63, 3.8) is 0 Å². The topological polar surface area (TPSA) is 80.0 Å². The lowest BCUT2D eigenvalue weighted by Gasteiger charge is -2.16. The second-order valence-corrected chi connectivity index (χ2v) is 4.46. The molecular formula is C12H19ClN4O. The first-order valence-corrected chi connectivity index (χ1v) is 6.43. The summed E-state index contributed by atoms with van der Waals surface area (Å²) in [5, 5.41) is 3.20. The number of pyridine rings is 1. The number of hydrogen-bond acceptors (Lipinski definition) is 4. The molecule has 1 aromatic heterocycles. The van der Waals surface area contributed by atoms with Gasteiger partial charge < -0.3 is 10.7 Å². The Morgan fingerprint density at radius 3 is 2.78 bits per heavy atom. The zero-order chi connectivity index (χ0) is 13.5. The largest absolute Gasteiger partial charge is 0.349 e. The predicted octanol–water partition coefficient (Wildman–Crippen LogP) is 2.33. The Hall–Kier alpha value is -1.33. The van der Waals surface area contributed by atoms with Crippen LogP contribution < -0.4 is 16.6 Å².